The van der Waals surface area contributed by atoms with Crippen molar-refractivity contribution in [2.75, 3.05) is 7.11 Å². The van der Waals surface area contributed by atoms with E-state index in [0.717, 1.165) is 0 Å². The van der Waals surface area contributed by atoms with Crippen molar-refractivity contribution in [3.63, 3.8) is 0 Å². The molecule has 2 aromatic carbocycles. The molecule has 2 aromatic rings. The number of rotatable bonds is 3. The van der Waals surface area contributed by atoms with E-state index in [2.05, 4.69) is 0 Å². The van der Waals surface area contributed by atoms with Gasteiger partial charge < -0.3 is 10.5 Å². The van der Waals surface area contributed by atoms with E-state index in [4.69, 9.17) is 10.5 Å². The summed E-state index contributed by atoms with van der Waals surface area (Å²) in [6.07, 6.45) is 0. The normalized spacial score (nSPS) is 10.4. The second kappa shape index (κ2) is 5.14. The number of methoxy groups -OCH3 is 1. The fourth-order valence-electron chi connectivity index (χ4n) is 1.84. The highest BCUT2D eigenvalue weighted by Crippen LogP contribution is 2.29. The van der Waals surface area contributed by atoms with E-state index < -0.39 is 5.82 Å². The Morgan fingerprint density at radius 2 is 1.78 bits per heavy atom. The van der Waals surface area contributed by atoms with Crippen LogP contribution < -0.4 is 10.5 Å². The molecule has 0 heterocycles. The molecule has 18 heavy (non-hydrogen) atoms. The van der Waals surface area contributed by atoms with Crippen LogP contribution in [0.25, 0.3) is 11.1 Å². The number of nitrogens with two attached hydrogens (primary N) is 1. The third-order valence-electron chi connectivity index (χ3n) is 2.75. The van der Waals surface area contributed by atoms with E-state index in [1.165, 1.54) is 31.4 Å². The van der Waals surface area contributed by atoms with E-state index in [0.29, 0.717) is 22.4 Å². The van der Waals surface area contributed by atoms with Crippen LogP contribution in [0.5, 0.6) is 5.75 Å². The average Bonchev–Trinajstić information content (AvgIpc) is 2.39. The molecule has 0 spiro atoms. The van der Waals surface area contributed by atoms with E-state index in [9.17, 15) is 8.78 Å². The molecule has 2 nitrogen and oxygen atoms in total. The molecule has 2 rings (SSSR count). The minimum absolute atomic E-state index is 0.151. The molecule has 0 atom stereocenters. The molecule has 0 aliphatic carbocycles. The summed E-state index contributed by atoms with van der Waals surface area (Å²) in [5.74, 6) is -0.364. The first-order valence-corrected chi connectivity index (χ1v) is 5.48. The lowest BCUT2D eigenvalue weighted by atomic mass is 9.99. The second-order valence-electron chi connectivity index (χ2n) is 3.85. The number of hydrogen-bond acceptors (Lipinski definition) is 2. The first-order valence-electron chi connectivity index (χ1n) is 5.48. The highest BCUT2D eigenvalue weighted by atomic mass is 19.1. The number of halogens is 2. The molecule has 0 radical (unpaired) electrons. The summed E-state index contributed by atoms with van der Waals surface area (Å²) in [7, 11) is 1.47. The maximum Gasteiger partial charge on any atom is 0.134 e. The number of hydrogen-bond donors (Lipinski definition) is 1. The van der Waals surface area contributed by atoms with Gasteiger partial charge in [-0.15, -0.1) is 0 Å². The third kappa shape index (κ3) is 2.33. The number of benzene rings is 2. The lowest BCUT2D eigenvalue weighted by Crippen LogP contribution is -2.00. The van der Waals surface area contributed by atoms with Gasteiger partial charge in [0.05, 0.1) is 7.11 Å². The summed E-state index contributed by atoms with van der Waals surface area (Å²) in [5.41, 5.74) is 7.10. The lowest BCUT2D eigenvalue weighted by molar-refractivity contribution is 0.411. The average molecular weight is 249 g/mol. The quantitative estimate of drug-likeness (QED) is 0.907. The molecule has 0 aromatic heterocycles. The van der Waals surface area contributed by atoms with Gasteiger partial charge in [0.2, 0.25) is 0 Å². The van der Waals surface area contributed by atoms with Gasteiger partial charge in [-0.25, -0.2) is 8.78 Å². The Morgan fingerprint density at radius 1 is 1.06 bits per heavy atom. The van der Waals surface area contributed by atoms with Gasteiger partial charge in [0.15, 0.2) is 0 Å². The van der Waals surface area contributed by atoms with Crippen molar-refractivity contribution in [2.45, 2.75) is 6.54 Å². The van der Waals surface area contributed by atoms with Crippen LogP contribution in [0, 0.1) is 11.6 Å². The van der Waals surface area contributed by atoms with Crippen LogP contribution >= 0.6 is 0 Å². The summed E-state index contributed by atoms with van der Waals surface area (Å²) in [4.78, 5) is 0. The molecule has 0 bridgehead atoms. The lowest BCUT2D eigenvalue weighted by Gasteiger charge is -2.10. The summed E-state index contributed by atoms with van der Waals surface area (Å²) < 4.78 is 32.0. The molecule has 0 saturated carbocycles. The zero-order chi connectivity index (χ0) is 13.1. The molecular weight excluding hydrogens is 236 g/mol. The van der Waals surface area contributed by atoms with E-state index in [1.54, 1.807) is 12.1 Å². The molecule has 0 fully saturated rings. The summed E-state index contributed by atoms with van der Waals surface area (Å²) >= 11 is 0. The summed E-state index contributed by atoms with van der Waals surface area (Å²) in [6, 6.07) is 8.68. The van der Waals surface area contributed by atoms with Crippen molar-refractivity contribution in [3.05, 3.63) is 53.6 Å². The Kier molecular flexibility index (Phi) is 3.58. The second-order valence-corrected chi connectivity index (χ2v) is 3.85. The van der Waals surface area contributed by atoms with Gasteiger partial charge in [0.25, 0.3) is 0 Å². The minimum Gasteiger partial charge on any atom is -0.497 e. The van der Waals surface area contributed by atoms with Crippen LogP contribution in [-0.2, 0) is 6.54 Å². The summed E-state index contributed by atoms with van der Waals surface area (Å²) in [6.45, 7) is 0.151. The molecule has 0 amide bonds. The molecule has 0 aliphatic rings. The largest absolute Gasteiger partial charge is 0.497 e. The Labute approximate surface area is 104 Å². The monoisotopic (exact) mass is 249 g/mol. The van der Waals surface area contributed by atoms with Crippen LogP contribution in [0.1, 0.15) is 5.56 Å². The maximum absolute atomic E-state index is 13.9. The van der Waals surface area contributed by atoms with Crippen LogP contribution in [0.4, 0.5) is 8.78 Å². The van der Waals surface area contributed by atoms with Gasteiger partial charge in [-0.3, -0.25) is 0 Å². The van der Waals surface area contributed by atoms with E-state index in [-0.39, 0.29) is 12.4 Å². The maximum atomic E-state index is 13.9. The molecule has 0 unspecified atom stereocenters. The predicted molar refractivity (Wildman–Crippen MR) is 66.2 cm³/mol. The van der Waals surface area contributed by atoms with Gasteiger partial charge >= 0.3 is 0 Å². The van der Waals surface area contributed by atoms with Gasteiger partial charge in [0.1, 0.15) is 17.4 Å². The van der Waals surface area contributed by atoms with Crippen LogP contribution in [0.15, 0.2) is 36.4 Å². The Bertz CT molecular complexity index is 570. The van der Waals surface area contributed by atoms with Crippen molar-refractivity contribution >= 4 is 0 Å². The summed E-state index contributed by atoms with van der Waals surface area (Å²) in [5, 5.41) is 0. The Hall–Kier alpha value is -1.94. The third-order valence-corrected chi connectivity index (χ3v) is 2.75. The van der Waals surface area contributed by atoms with Crippen molar-refractivity contribution in [3.8, 4) is 16.9 Å². The van der Waals surface area contributed by atoms with Gasteiger partial charge in [-0.2, -0.15) is 0 Å². The van der Waals surface area contributed by atoms with Crippen molar-refractivity contribution in [1.29, 1.82) is 0 Å². The topological polar surface area (TPSA) is 35.2 Å². The van der Waals surface area contributed by atoms with Crippen molar-refractivity contribution < 1.29 is 13.5 Å². The molecule has 0 aliphatic heterocycles. The van der Waals surface area contributed by atoms with Crippen molar-refractivity contribution in [1.82, 2.24) is 0 Å². The van der Waals surface area contributed by atoms with Crippen molar-refractivity contribution in [2.24, 2.45) is 5.73 Å². The minimum atomic E-state index is -0.421. The standard InChI is InChI=1S/C14H13F2NO/c1-18-11-3-5-13(14(16)7-11)12-4-2-10(15)6-9(12)8-17/h2-7H,8,17H2,1H3. The Balaban J connectivity index is 2.54. The van der Waals surface area contributed by atoms with Crippen LogP contribution in [0.2, 0.25) is 0 Å². The molecule has 0 saturated heterocycles. The van der Waals surface area contributed by atoms with E-state index in [1.807, 2.05) is 0 Å². The first kappa shape index (κ1) is 12.5. The number of ether oxygens (including phenoxy) is 1. The van der Waals surface area contributed by atoms with E-state index >= 15 is 0 Å². The van der Waals surface area contributed by atoms with Gasteiger partial charge in [-0.1, -0.05) is 6.07 Å². The SMILES string of the molecule is COc1ccc(-c2ccc(F)cc2CN)c(F)c1. The fraction of sp³-hybridized carbons (Fsp3) is 0.143. The molecule has 4 heteroatoms. The van der Waals surface area contributed by atoms with Crippen LogP contribution in [-0.4, -0.2) is 7.11 Å². The van der Waals surface area contributed by atoms with Crippen LogP contribution in [0.3, 0.4) is 0 Å². The predicted octanol–water partition coefficient (Wildman–Crippen LogP) is 3.10. The highest BCUT2D eigenvalue weighted by molar-refractivity contribution is 5.68. The first-order chi connectivity index (χ1) is 8.65. The molecule has 94 valence electrons. The van der Waals surface area contributed by atoms with Gasteiger partial charge in [0, 0.05) is 18.2 Å². The van der Waals surface area contributed by atoms with Gasteiger partial charge in [-0.05, 0) is 35.4 Å². The smallest absolute Gasteiger partial charge is 0.134 e. The highest BCUT2D eigenvalue weighted by Gasteiger charge is 2.11. The molecule has 2 N–H and O–H groups in total. The zero-order valence-corrected chi connectivity index (χ0v) is 9.91. The molecular formula is C14H13F2NO. The fourth-order valence-corrected chi connectivity index (χ4v) is 1.84. The Morgan fingerprint density at radius 3 is 2.39 bits per heavy atom. The zero-order valence-electron chi connectivity index (χ0n) is 9.91.